The van der Waals surface area contributed by atoms with Crippen molar-refractivity contribution >= 4 is 8.80 Å². The lowest BCUT2D eigenvalue weighted by molar-refractivity contribution is -0.385. The van der Waals surface area contributed by atoms with E-state index in [1.54, 1.807) is 0 Å². The molecule has 0 N–H and O–H groups in total. The molecule has 0 amide bonds. The molecule has 2 atom stereocenters. The Morgan fingerprint density at radius 3 is 1.19 bits per heavy atom. The molecule has 0 aromatic rings. The zero-order valence-corrected chi connectivity index (χ0v) is 14.0. The van der Waals surface area contributed by atoms with E-state index in [1.165, 1.54) is 0 Å². The first-order valence-electron chi connectivity index (χ1n) is 6.17. The van der Waals surface area contributed by atoms with Crippen LogP contribution in [0.5, 0.6) is 0 Å². The molecule has 2 unspecified atom stereocenters. The van der Waals surface area contributed by atoms with Crippen molar-refractivity contribution < 1.29 is 66.0 Å². The number of hydrogen-bond acceptors (Lipinski definition) is 3. The number of halogens is 12. The van der Waals surface area contributed by atoms with Crippen LogP contribution >= 0.6 is 0 Å². The zero-order valence-electron chi connectivity index (χ0n) is 13.0. The van der Waals surface area contributed by atoms with Crippen molar-refractivity contribution in [1.82, 2.24) is 0 Å². The Kier molecular flexibility index (Phi) is 7.49. The molecule has 0 aliphatic heterocycles. The molecule has 0 saturated heterocycles. The summed E-state index contributed by atoms with van der Waals surface area (Å²) in [6.07, 6.45) is -10.2. The van der Waals surface area contributed by atoms with Gasteiger partial charge in [0.1, 0.15) is 0 Å². The summed E-state index contributed by atoms with van der Waals surface area (Å²) in [5, 5.41) is 0. The van der Waals surface area contributed by atoms with Crippen LogP contribution in [-0.2, 0) is 13.3 Å². The van der Waals surface area contributed by atoms with E-state index in [2.05, 4.69) is 13.3 Å². The first kappa shape index (κ1) is 25.3. The van der Waals surface area contributed by atoms with Crippen LogP contribution in [0.4, 0.5) is 52.7 Å². The molecule has 0 rings (SSSR count). The summed E-state index contributed by atoms with van der Waals surface area (Å²) in [5.74, 6) is -33.0. The van der Waals surface area contributed by atoms with E-state index >= 15 is 0 Å². The second-order valence-electron chi connectivity index (χ2n) is 4.71. The summed E-state index contributed by atoms with van der Waals surface area (Å²) in [7, 11) is -4.26. The van der Waals surface area contributed by atoms with Gasteiger partial charge < -0.3 is 13.3 Å². The Morgan fingerprint density at radius 1 is 0.615 bits per heavy atom. The van der Waals surface area contributed by atoms with E-state index in [0.717, 1.165) is 0 Å². The van der Waals surface area contributed by atoms with Crippen molar-refractivity contribution in [2.75, 3.05) is 21.3 Å². The smallest absolute Gasteiger partial charge is 0.375 e. The topological polar surface area (TPSA) is 27.7 Å². The Bertz CT molecular complexity index is 462. The summed E-state index contributed by atoms with van der Waals surface area (Å²) in [5.41, 5.74) is 0. The van der Waals surface area contributed by atoms with Gasteiger partial charge in [0.25, 0.3) is 6.43 Å². The third-order valence-electron chi connectivity index (χ3n) is 3.28. The van der Waals surface area contributed by atoms with E-state index < -0.39 is 50.9 Å². The van der Waals surface area contributed by atoms with Crippen LogP contribution in [0.15, 0.2) is 0 Å². The molecule has 0 aliphatic rings. The van der Waals surface area contributed by atoms with Crippen LogP contribution in [0, 0.1) is 0 Å². The van der Waals surface area contributed by atoms with Crippen LogP contribution < -0.4 is 0 Å². The highest BCUT2D eigenvalue weighted by molar-refractivity contribution is 6.62. The third-order valence-corrected chi connectivity index (χ3v) is 5.97. The molecule has 0 saturated carbocycles. The fourth-order valence-corrected chi connectivity index (χ4v) is 3.44. The van der Waals surface area contributed by atoms with Gasteiger partial charge in [0.15, 0.2) is 0 Å². The zero-order chi connectivity index (χ0) is 21.4. The quantitative estimate of drug-likeness (QED) is 0.384. The van der Waals surface area contributed by atoms with Gasteiger partial charge in [-0.1, -0.05) is 0 Å². The largest absolute Gasteiger partial charge is 0.543 e. The monoisotopic (exact) mass is 436 g/mol. The van der Waals surface area contributed by atoms with Gasteiger partial charge in [0.2, 0.25) is 12.0 Å². The van der Waals surface area contributed by atoms with Gasteiger partial charge in [-0.3, -0.25) is 0 Å². The van der Waals surface area contributed by atoms with E-state index in [9.17, 15) is 52.7 Å². The molecule has 0 heterocycles. The summed E-state index contributed by atoms with van der Waals surface area (Å²) in [4.78, 5) is 0. The Hall–Kier alpha value is -0.743. The SMILES string of the molecule is CO[Si](OC)(OC)C(F)C(F)(F)C(F)(F)C(F)(F)C(F)(F)C(F)C(F)F. The molecule has 3 nitrogen and oxygen atoms in total. The summed E-state index contributed by atoms with van der Waals surface area (Å²) in [6.45, 7) is 0. The van der Waals surface area contributed by atoms with Gasteiger partial charge in [-0.2, -0.15) is 35.1 Å². The highest BCUT2D eigenvalue weighted by Crippen LogP contribution is 2.56. The van der Waals surface area contributed by atoms with Crippen LogP contribution in [0.2, 0.25) is 0 Å². The van der Waals surface area contributed by atoms with Gasteiger partial charge in [0.05, 0.1) is 0 Å². The highest BCUT2D eigenvalue weighted by Gasteiger charge is 2.86. The van der Waals surface area contributed by atoms with Gasteiger partial charge >= 0.3 is 32.5 Å². The van der Waals surface area contributed by atoms with E-state index in [1.807, 2.05) is 0 Å². The Balaban J connectivity index is 6.26. The van der Waals surface area contributed by atoms with E-state index in [4.69, 9.17) is 0 Å². The van der Waals surface area contributed by atoms with Crippen molar-refractivity contribution in [2.24, 2.45) is 0 Å². The second-order valence-corrected chi connectivity index (χ2v) is 7.65. The number of hydrogen-bond donors (Lipinski definition) is 0. The van der Waals surface area contributed by atoms with Crippen molar-refractivity contribution in [2.45, 2.75) is 42.1 Å². The van der Waals surface area contributed by atoms with Crippen molar-refractivity contribution in [1.29, 1.82) is 0 Å². The summed E-state index contributed by atoms with van der Waals surface area (Å²) >= 11 is 0. The summed E-state index contributed by atoms with van der Waals surface area (Å²) < 4.78 is 170. The van der Waals surface area contributed by atoms with E-state index in [-0.39, 0.29) is 0 Å². The fourth-order valence-electron chi connectivity index (χ4n) is 1.69. The minimum Gasteiger partial charge on any atom is -0.375 e. The predicted octanol–water partition coefficient (Wildman–Crippen LogP) is 3.89. The average molecular weight is 436 g/mol. The maximum atomic E-state index is 13.9. The van der Waals surface area contributed by atoms with Gasteiger partial charge in [0, 0.05) is 21.3 Å². The maximum absolute atomic E-state index is 13.9. The number of rotatable bonds is 10. The molecule has 0 radical (unpaired) electrons. The molecular formula is C10H12F12O3Si. The van der Waals surface area contributed by atoms with Gasteiger partial charge in [-0.15, -0.1) is 0 Å². The summed E-state index contributed by atoms with van der Waals surface area (Å²) in [6, 6.07) is 0. The molecule has 158 valence electrons. The lowest BCUT2D eigenvalue weighted by atomic mass is 9.96. The Morgan fingerprint density at radius 2 is 0.923 bits per heavy atom. The molecular weight excluding hydrogens is 424 g/mol. The fraction of sp³-hybridized carbons (Fsp3) is 1.00. The molecule has 26 heavy (non-hydrogen) atoms. The van der Waals surface area contributed by atoms with Crippen LogP contribution in [0.25, 0.3) is 0 Å². The standard InChI is InChI=1S/C10H12F12O3Si/c1-23-26(24-2,25-3)6(14)8(17,18)10(21,22)9(19,20)7(15,16)4(11)5(12)13/h4-6H,1-3H3. The predicted molar refractivity (Wildman–Crippen MR) is 62.4 cm³/mol. The minimum atomic E-state index is -7.43. The van der Waals surface area contributed by atoms with Crippen molar-refractivity contribution in [3.8, 4) is 0 Å². The average Bonchev–Trinajstić information content (AvgIpc) is 2.55. The first-order valence-corrected chi connectivity index (χ1v) is 7.97. The lowest BCUT2D eigenvalue weighted by Gasteiger charge is -2.40. The molecule has 0 fully saturated rings. The first-order chi connectivity index (χ1) is 11.4. The molecule has 0 aromatic heterocycles. The van der Waals surface area contributed by atoms with Crippen LogP contribution in [-0.4, -0.2) is 72.2 Å². The third kappa shape index (κ3) is 3.51. The van der Waals surface area contributed by atoms with Gasteiger partial charge in [-0.25, -0.2) is 17.6 Å². The highest BCUT2D eigenvalue weighted by atomic mass is 28.4. The molecule has 0 aromatic carbocycles. The minimum absolute atomic E-state index is 0.404. The van der Waals surface area contributed by atoms with Crippen LogP contribution in [0.3, 0.4) is 0 Å². The van der Waals surface area contributed by atoms with Crippen LogP contribution in [0.1, 0.15) is 0 Å². The second kappa shape index (κ2) is 7.71. The molecule has 0 bridgehead atoms. The van der Waals surface area contributed by atoms with E-state index in [0.29, 0.717) is 21.3 Å². The normalized spacial score (nSPS) is 17.5. The van der Waals surface area contributed by atoms with Gasteiger partial charge in [-0.05, 0) is 0 Å². The Labute approximate surface area is 139 Å². The van der Waals surface area contributed by atoms with Crippen molar-refractivity contribution in [3.05, 3.63) is 0 Å². The molecule has 16 heteroatoms. The molecule has 0 aliphatic carbocycles. The lowest BCUT2D eigenvalue weighted by Crippen LogP contribution is -2.72. The molecule has 0 spiro atoms. The number of alkyl halides is 12. The van der Waals surface area contributed by atoms with Crippen molar-refractivity contribution in [3.63, 3.8) is 0 Å². The maximum Gasteiger partial charge on any atom is 0.543 e.